The summed E-state index contributed by atoms with van der Waals surface area (Å²) in [6.07, 6.45) is -4.44. The lowest BCUT2D eigenvalue weighted by molar-refractivity contribution is -0.00342. The first kappa shape index (κ1) is 14.4. The van der Waals surface area contributed by atoms with E-state index in [0.29, 0.717) is 5.75 Å². The number of nitrogens with zero attached hydrogens (tertiary/aromatic N) is 1. The van der Waals surface area contributed by atoms with Gasteiger partial charge in [0.15, 0.2) is 6.61 Å². The second-order valence-electron chi connectivity index (χ2n) is 3.59. The molecule has 1 aromatic carbocycles. The number of aliphatic hydroxyl groups is 1. The number of halogens is 2. The monoisotopic (exact) mass is 256 g/mol. The standard InChI is InChI=1S/C12H14F2N2O2/c13-12(14)10(17)8-16-7-9-3-1-2-4-11(9)18-6-5-15/h1-4,10,12,16-17H,6-8H2. The predicted molar refractivity (Wildman–Crippen MR) is 61.3 cm³/mol. The molecule has 0 bridgehead atoms. The number of para-hydroxylation sites is 1. The molecule has 6 heteroatoms. The average Bonchev–Trinajstić information content (AvgIpc) is 2.37. The van der Waals surface area contributed by atoms with Crippen LogP contribution < -0.4 is 10.1 Å². The van der Waals surface area contributed by atoms with Crippen molar-refractivity contribution in [2.75, 3.05) is 13.2 Å². The van der Waals surface area contributed by atoms with Crippen molar-refractivity contribution >= 4 is 0 Å². The highest BCUT2D eigenvalue weighted by atomic mass is 19.3. The van der Waals surface area contributed by atoms with E-state index in [2.05, 4.69) is 5.32 Å². The summed E-state index contributed by atoms with van der Waals surface area (Å²) in [5.41, 5.74) is 0.745. The van der Waals surface area contributed by atoms with E-state index >= 15 is 0 Å². The van der Waals surface area contributed by atoms with Crippen LogP contribution in [0.3, 0.4) is 0 Å². The SMILES string of the molecule is N#CCOc1ccccc1CNCC(O)C(F)F. The Morgan fingerprint density at radius 2 is 2.11 bits per heavy atom. The third-order valence-corrected chi connectivity index (χ3v) is 2.22. The van der Waals surface area contributed by atoms with Crippen molar-refractivity contribution in [3.05, 3.63) is 29.8 Å². The molecule has 0 saturated carbocycles. The van der Waals surface area contributed by atoms with Crippen molar-refractivity contribution in [3.8, 4) is 11.8 Å². The van der Waals surface area contributed by atoms with E-state index in [4.69, 9.17) is 15.1 Å². The molecule has 0 saturated heterocycles. The number of aliphatic hydroxyl groups excluding tert-OH is 1. The van der Waals surface area contributed by atoms with Crippen molar-refractivity contribution in [1.29, 1.82) is 5.26 Å². The van der Waals surface area contributed by atoms with Crippen LogP contribution in [0.1, 0.15) is 5.56 Å². The molecule has 0 aliphatic rings. The highest BCUT2D eigenvalue weighted by molar-refractivity contribution is 5.33. The molecule has 4 nitrogen and oxygen atoms in total. The maximum absolute atomic E-state index is 12.0. The number of ether oxygens (including phenoxy) is 1. The van der Waals surface area contributed by atoms with Crippen molar-refractivity contribution in [1.82, 2.24) is 5.32 Å². The summed E-state index contributed by atoms with van der Waals surface area (Å²) in [6.45, 7) is 0.00626. The van der Waals surface area contributed by atoms with Crippen LogP contribution in [-0.4, -0.2) is 30.8 Å². The minimum absolute atomic E-state index is 0.0727. The van der Waals surface area contributed by atoms with Crippen molar-refractivity contribution in [3.63, 3.8) is 0 Å². The molecular weight excluding hydrogens is 242 g/mol. The molecule has 18 heavy (non-hydrogen) atoms. The lowest BCUT2D eigenvalue weighted by Gasteiger charge is -2.12. The van der Waals surface area contributed by atoms with Crippen LogP contribution in [0, 0.1) is 11.3 Å². The number of alkyl halides is 2. The highest BCUT2D eigenvalue weighted by Crippen LogP contribution is 2.17. The lowest BCUT2D eigenvalue weighted by Crippen LogP contribution is -2.31. The molecule has 1 atom stereocenters. The molecule has 1 unspecified atom stereocenters. The maximum atomic E-state index is 12.0. The van der Waals surface area contributed by atoms with Gasteiger partial charge in [0.25, 0.3) is 6.43 Å². The molecule has 0 aliphatic carbocycles. The summed E-state index contributed by atoms with van der Waals surface area (Å²) < 4.78 is 29.3. The Labute approximate surface area is 104 Å². The first-order valence-electron chi connectivity index (χ1n) is 5.39. The van der Waals surface area contributed by atoms with Gasteiger partial charge in [0, 0.05) is 18.7 Å². The van der Waals surface area contributed by atoms with Crippen molar-refractivity contribution < 1.29 is 18.6 Å². The summed E-state index contributed by atoms with van der Waals surface area (Å²) in [4.78, 5) is 0. The van der Waals surface area contributed by atoms with E-state index in [1.165, 1.54) is 0 Å². The summed E-state index contributed by atoms with van der Waals surface area (Å²) >= 11 is 0. The quantitative estimate of drug-likeness (QED) is 0.772. The van der Waals surface area contributed by atoms with Gasteiger partial charge in [-0.1, -0.05) is 18.2 Å². The van der Waals surface area contributed by atoms with E-state index in [-0.39, 0.29) is 19.7 Å². The van der Waals surface area contributed by atoms with Gasteiger partial charge in [0.2, 0.25) is 0 Å². The zero-order valence-electron chi connectivity index (χ0n) is 9.64. The Morgan fingerprint density at radius 1 is 1.39 bits per heavy atom. The van der Waals surface area contributed by atoms with Gasteiger partial charge in [-0.25, -0.2) is 8.78 Å². The van der Waals surface area contributed by atoms with Crippen LogP contribution in [0.4, 0.5) is 8.78 Å². The highest BCUT2D eigenvalue weighted by Gasteiger charge is 2.15. The molecule has 0 fully saturated rings. The number of rotatable bonds is 7. The van der Waals surface area contributed by atoms with Gasteiger partial charge in [0.1, 0.15) is 17.9 Å². The fourth-order valence-corrected chi connectivity index (χ4v) is 1.34. The van der Waals surface area contributed by atoms with E-state index in [1.54, 1.807) is 24.3 Å². The number of nitriles is 1. The summed E-state index contributed by atoms with van der Waals surface area (Å²) in [6, 6.07) is 8.83. The second-order valence-corrected chi connectivity index (χ2v) is 3.59. The van der Waals surface area contributed by atoms with E-state index in [0.717, 1.165) is 5.56 Å². The zero-order valence-corrected chi connectivity index (χ0v) is 9.64. The van der Waals surface area contributed by atoms with Gasteiger partial charge in [-0.3, -0.25) is 0 Å². The molecule has 1 rings (SSSR count). The average molecular weight is 256 g/mol. The molecule has 0 spiro atoms. The van der Waals surface area contributed by atoms with Crippen LogP contribution >= 0.6 is 0 Å². The predicted octanol–water partition coefficient (Wildman–Crippen LogP) is 1.30. The largest absolute Gasteiger partial charge is 0.478 e. The summed E-state index contributed by atoms with van der Waals surface area (Å²) in [5.74, 6) is 0.526. The van der Waals surface area contributed by atoms with Crippen LogP contribution in [0.15, 0.2) is 24.3 Å². The first-order valence-corrected chi connectivity index (χ1v) is 5.39. The molecule has 2 N–H and O–H groups in total. The second kappa shape index (κ2) is 7.58. The van der Waals surface area contributed by atoms with Gasteiger partial charge in [-0.05, 0) is 6.07 Å². The van der Waals surface area contributed by atoms with E-state index < -0.39 is 12.5 Å². The minimum Gasteiger partial charge on any atom is -0.478 e. The molecule has 98 valence electrons. The van der Waals surface area contributed by atoms with Gasteiger partial charge in [-0.2, -0.15) is 5.26 Å². The molecule has 0 heterocycles. The van der Waals surface area contributed by atoms with E-state index in [1.807, 2.05) is 6.07 Å². The van der Waals surface area contributed by atoms with Crippen LogP contribution in [0.25, 0.3) is 0 Å². The van der Waals surface area contributed by atoms with Crippen molar-refractivity contribution in [2.24, 2.45) is 0 Å². The maximum Gasteiger partial charge on any atom is 0.265 e. The summed E-state index contributed by atoms with van der Waals surface area (Å²) in [7, 11) is 0. The molecular formula is C12H14F2N2O2. The van der Waals surface area contributed by atoms with Crippen LogP contribution in [-0.2, 0) is 6.54 Å². The Hall–Kier alpha value is -1.71. The minimum atomic E-state index is -2.76. The number of hydrogen-bond donors (Lipinski definition) is 2. The Kier molecular flexibility index (Phi) is 6.05. The van der Waals surface area contributed by atoms with Gasteiger partial charge >= 0.3 is 0 Å². The smallest absolute Gasteiger partial charge is 0.265 e. The number of hydrogen-bond acceptors (Lipinski definition) is 4. The Balaban J connectivity index is 2.49. The Bertz CT molecular complexity index is 407. The normalized spacial score (nSPS) is 12.2. The molecule has 1 aromatic rings. The Morgan fingerprint density at radius 3 is 2.78 bits per heavy atom. The first-order chi connectivity index (χ1) is 8.65. The lowest BCUT2D eigenvalue weighted by atomic mass is 10.2. The molecule has 0 aliphatic heterocycles. The molecule has 0 radical (unpaired) electrons. The fourth-order valence-electron chi connectivity index (χ4n) is 1.34. The van der Waals surface area contributed by atoms with E-state index in [9.17, 15) is 8.78 Å². The number of benzene rings is 1. The van der Waals surface area contributed by atoms with Gasteiger partial charge in [0.05, 0.1) is 0 Å². The third kappa shape index (κ3) is 4.65. The third-order valence-electron chi connectivity index (χ3n) is 2.22. The number of nitrogens with one attached hydrogen (secondary N) is 1. The molecule has 0 amide bonds. The fraction of sp³-hybridized carbons (Fsp3) is 0.417. The van der Waals surface area contributed by atoms with Crippen LogP contribution in [0.5, 0.6) is 5.75 Å². The zero-order chi connectivity index (χ0) is 13.4. The summed E-state index contributed by atoms with van der Waals surface area (Å²) in [5, 5.41) is 20.1. The van der Waals surface area contributed by atoms with Gasteiger partial charge < -0.3 is 15.2 Å². The van der Waals surface area contributed by atoms with Gasteiger partial charge in [-0.15, -0.1) is 0 Å². The molecule has 0 aromatic heterocycles. The topological polar surface area (TPSA) is 65.3 Å². The van der Waals surface area contributed by atoms with Crippen molar-refractivity contribution in [2.45, 2.75) is 19.1 Å². The van der Waals surface area contributed by atoms with Crippen LogP contribution in [0.2, 0.25) is 0 Å².